The van der Waals surface area contributed by atoms with Crippen LogP contribution in [0.3, 0.4) is 0 Å². The summed E-state index contributed by atoms with van der Waals surface area (Å²) in [5, 5.41) is 5.31. The molecule has 0 atom stereocenters. The lowest BCUT2D eigenvalue weighted by atomic mass is 10.0. The first-order valence-electron chi connectivity index (χ1n) is 11.9. The highest BCUT2D eigenvalue weighted by atomic mass is 32.2. The van der Waals surface area contributed by atoms with Gasteiger partial charge in [-0.05, 0) is 62.4 Å². The number of carbonyl (C=O) groups excluding carboxylic acids is 3. The van der Waals surface area contributed by atoms with E-state index in [2.05, 4.69) is 15.5 Å². The highest BCUT2D eigenvalue weighted by Gasteiger charge is 2.29. The largest absolute Gasteiger partial charge is 0.450 e. The molecule has 12 heteroatoms. The van der Waals surface area contributed by atoms with Crippen LogP contribution in [0.2, 0.25) is 0 Å². The highest BCUT2D eigenvalue weighted by molar-refractivity contribution is 7.92. The van der Waals surface area contributed by atoms with E-state index in [0.717, 1.165) is 17.0 Å². The van der Waals surface area contributed by atoms with Crippen molar-refractivity contribution >= 4 is 50.0 Å². The van der Waals surface area contributed by atoms with E-state index in [4.69, 9.17) is 4.74 Å². The summed E-state index contributed by atoms with van der Waals surface area (Å²) in [5.41, 5.74) is 1.75. The monoisotopic (exact) mass is 556 g/mol. The SMILES string of the molecule is CCOC(=O)NC(=O)c1c(NC(=O)c2ccc(S(=O)(=O)N(C)c3ccccc3)cc2)sc2c1CCN(C)C2. The van der Waals surface area contributed by atoms with Gasteiger partial charge < -0.3 is 15.0 Å². The number of hydrogen-bond donors (Lipinski definition) is 2. The van der Waals surface area contributed by atoms with E-state index in [9.17, 15) is 22.8 Å². The van der Waals surface area contributed by atoms with Crippen LogP contribution < -0.4 is 14.9 Å². The third-order valence-electron chi connectivity index (χ3n) is 6.09. The Morgan fingerprint density at radius 1 is 1.05 bits per heavy atom. The molecule has 38 heavy (non-hydrogen) atoms. The van der Waals surface area contributed by atoms with Gasteiger partial charge in [-0.25, -0.2) is 13.2 Å². The molecular formula is C26H28N4O6S2. The fourth-order valence-corrected chi connectivity index (χ4v) is 6.59. The Balaban J connectivity index is 1.57. The maximum Gasteiger partial charge on any atom is 0.414 e. The molecule has 0 spiro atoms. The molecule has 1 aliphatic heterocycles. The predicted molar refractivity (Wildman–Crippen MR) is 145 cm³/mol. The molecule has 0 aliphatic carbocycles. The molecule has 3 aromatic rings. The number of alkyl carbamates (subject to hydrolysis) is 1. The van der Waals surface area contributed by atoms with E-state index in [1.165, 1.54) is 47.0 Å². The second kappa shape index (κ2) is 11.3. The summed E-state index contributed by atoms with van der Waals surface area (Å²) >= 11 is 1.28. The molecule has 3 amide bonds. The predicted octanol–water partition coefficient (Wildman–Crippen LogP) is 3.70. The summed E-state index contributed by atoms with van der Waals surface area (Å²) in [7, 11) is -0.408. The van der Waals surface area contributed by atoms with Gasteiger partial charge >= 0.3 is 6.09 Å². The minimum atomic E-state index is -3.83. The second-order valence-electron chi connectivity index (χ2n) is 8.66. The molecule has 0 saturated heterocycles. The molecule has 0 radical (unpaired) electrons. The first-order valence-corrected chi connectivity index (χ1v) is 14.1. The number of sulfonamides is 1. The number of rotatable bonds is 7. The topological polar surface area (TPSA) is 125 Å². The van der Waals surface area contributed by atoms with E-state index in [1.807, 2.05) is 7.05 Å². The van der Waals surface area contributed by atoms with Crippen molar-refractivity contribution in [2.45, 2.75) is 24.8 Å². The van der Waals surface area contributed by atoms with Crippen LogP contribution in [0.5, 0.6) is 0 Å². The van der Waals surface area contributed by atoms with Crippen LogP contribution in [-0.4, -0.2) is 58.5 Å². The molecule has 2 heterocycles. The molecule has 200 valence electrons. The van der Waals surface area contributed by atoms with Crippen molar-refractivity contribution in [2.24, 2.45) is 0 Å². The standard InChI is InChI=1S/C26H28N4O6S2/c1-4-36-26(33)28-24(32)22-20-14-15-29(2)16-21(20)37-25(22)27-23(31)17-10-12-19(13-11-17)38(34,35)30(3)18-8-6-5-7-9-18/h5-13H,4,14-16H2,1-3H3,(H,27,31)(H,28,32,33). The summed E-state index contributed by atoms with van der Waals surface area (Å²) in [5.74, 6) is -1.16. The fraction of sp³-hybridized carbons (Fsp3) is 0.269. The molecule has 1 aromatic heterocycles. The molecule has 2 N–H and O–H groups in total. The number of carbonyl (C=O) groups is 3. The number of thiophene rings is 1. The first kappa shape index (κ1) is 27.3. The van der Waals surface area contributed by atoms with E-state index < -0.39 is 27.9 Å². The molecule has 1 aliphatic rings. The second-order valence-corrected chi connectivity index (χ2v) is 11.7. The number of ether oxygens (including phenoxy) is 1. The lowest BCUT2D eigenvalue weighted by Crippen LogP contribution is -2.33. The van der Waals surface area contributed by atoms with E-state index in [1.54, 1.807) is 37.3 Å². The average Bonchev–Trinajstić information content (AvgIpc) is 3.25. The van der Waals surface area contributed by atoms with E-state index >= 15 is 0 Å². The number of nitrogens with zero attached hydrogens (tertiary/aromatic N) is 2. The zero-order chi connectivity index (χ0) is 27.4. The van der Waals surface area contributed by atoms with Gasteiger partial charge in [-0.3, -0.25) is 19.2 Å². The van der Waals surface area contributed by atoms with Crippen molar-refractivity contribution in [1.82, 2.24) is 10.2 Å². The van der Waals surface area contributed by atoms with Gasteiger partial charge in [-0.15, -0.1) is 11.3 Å². The van der Waals surface area contributed by atoms with Gasteiger partial charge in [0.15, 0.2) is 0 Å². The van der Waals surface area contributed by atoms with Crippen molar-refractivity contribution in [3.8, 4) is 0 Å². The number of hydrogen-bond acceptors (Lipinski definition) is 8. The molecule has 4 rings (SSSR count). The smallest absolute Gasteiger partial charge is 0.414 e. The zero-order valence-electron chi connectivity index (χ0n) is 21.2. The van der Waals surface area contributed by atoms with Gasteiger partial charge in [0, 0.05) is 30.6 Å². The Morgan fingerprint density at radius 3 is 2.39 bits per heavy atom. The fourth-order valence-electron chi connectivity index (χ4n) is 4.07. The Kier molecular flexibility index (Phi) is 8.14. The minimum absolute atomic E-state index is 0.0320. The van der Waals surface area contributed by atoms with Gasteiger partial charge in [0.05, 0.1) is 22.8 Å². The number of para-hydroxylation sites is 1. The van der Waals surface area contributed by atoms with Crippen molar-refractivity contribution in [3.05, 3.63) is 76.2 Å². The summed E-state index contributed by atoms with van der Waals surface area (Å²) < 4.78 is 32.1. The van der Waals surface area contributed by atoms with Crippen LogP contribution in [0.25, 0.3) is 0 Å². The summed E-state index contributed by atoms with van der Waals surface area (Å²) in [6.07, 6.45) is -0.273. The molecule has 0 saturated carbocycles. The van der Waals surface area contributed by atoms with Gasteiger partial charge in [0.25, 0.3) is 21.8 Å². The van der Waals surface area contributed by atoms with Crippen LogP contribution >= 0.6 is 11.3 Å². The van der Waals surface area contributed by atoms with Gasteiger partial charge in [-0.1, -0.05) is 18.2 Å². The van der Waals surface area contributed by atoms with Crippen molar-refractivity contribution in [2.75, 3.05) is 36.9 Å². The van der Waals surface area contributed by atoms with Crippen LogP contribution in [0, 0.1) is 0 Å². The summed E-state index contributed by atoms with van der Waals surface area (Å²) in [6.45, 7) is 3.08. The number of amides is 3. The third kappa shape index (κ3) is 5.72. The average molecular weight is 557 g/mol. The number of anilines is 2. The van der Waals surface area contributed by atoms with E-state index in [0.29, 0.717) is 23.7 Å². The highest BCUT2D eigenvalue weighted by Crippen LogP contribution is 2.37. The molecule has 0 fully saturated rings. The lowest BCUT2D eigenvalue weighted by Gasteiger charge is -2.22. The van der Waals surface area contributed by atoms with E-state index in [-0.39, 0.29) is 22.6 Å². The van der Waals surface area contributed by atoms with Gasteiger partial charge in [0.1, 0.15) is 5.00 Å². The molecule has 0 bridgehead atoms. The quantitative estimate of drug-likeness (QED) is 0.455. The number of likely N-dealkylation sites (N-methyl/N-ethyl adjacent to an activating group) is 1. The Morgan fingerprint density at radius 2 is 1.74 bits per heavy atom. The summed E-state index contributed by atoms with van der Waals surface area (Å²) in [4.78, 5) is 41.0. The molecule has 10 nitrogen and oxygen atoms in total. The van der Waals surface area contributed by atoms with Crippen LogP contribution in [0.1, 0.15) is 38.1 Å². The molecule has 0 unspecified atom stereocenters. The number of benzene rings is 2. The maximum absolute atomic E-state index is 13.1. The number of imide groups is 1. The molecule has 2 aromatic carbocycles. The van der Waals surface area contributed by atoms with Crippen molar-refractivity contribution in [1.29, 1.82) is 0 Å². The normalized spacial score (nSPS) is 13.3. The first-order chi connectivity index (χ1) is 18.1. The van der Waals surface area contributed by atoms with Crippen LogP contribution in [0.15, 0.2) is 59.5 Å². The maximum atomic E-state index is 13.1. The van der Waals surface area contributed by atoms with Crippen LogP contribution in [-0.2, 0) is 27.7 Å². The lowest BCUT2D eigenvalue weighted by molar-refractivity contribution is 0.0924. The Hall–Kier alpha value is -3.74. The Labute approximate surface area is 225 Å². The van der Waals surface area contributed by atoms with Crippen molar-refractivity contribution in [3.63, 3.8) is 0 Å². The minimum Gasteiger partial charge on any atom is -0.450 e. The number of fused-ring (bicyclic) bond motifs is 1. The van der Waals surface area contributed by atoms with Crippen LogP contribution in [0.4, 0.5) is 15.5 Å². The van der Waals surface area contributed by atoms with Crippen molar-refractivity contribution < 1.29 is 27.5 Å². The summed E-state index contributed by atoms with van der Waals surface area (Å²) in [6, 6.07) is 14.2. The van der Waals surface area contributed by atoms with Gasteiger partial charge in [0.2, 0.25) is 0 Å². The Bertz CT molecular complexity index is 1450. The van der Waals surface area contributed by atoms with Gasteiger partial charge in [-0.2, -0.15) is 0 Å². The zero-order valence-corrected chi connectivity index (χ0v) is 22.8. The third-order valence-corrected chi connectivity index (χ3v) is 9.02. The number of nitrogens with one attached hydrogen (secondary N) is 2. The molecular weight excluding hydrogens is 528 g/mol.